The maximum Gasteiger partial charge on any atom is 0.419 e. The van der Waals surface area contributed by atoms with Gasteiger partial charge < -0.3 is 9.84 Å². The van der Waals surface area contributed by atoms with Gasteiger partial charge in [-0.25, -0.2) is 0 Å². The van der Waals surface area contributed by atoms with Gasteiger partial charge in [-0.1, -0.05) is 18.2 Å². The van der Waals surface area contributed by atoms with E-state index in [9.17, 15) is 13.2 Å². The molecule has 1 aromatic carbocycles. The maximum absolute atomic E-state index is 12.7. The number of ether oxygens (including phenoxy) is 1. The lowest BCUT2D eigenvalue weighted by Crippen LogP contribution is -2.07. The monoisotopic (exact) mass is 246 g/mol. The number of aliphatic hydroxyl groups excluding tert-OH is 1. The summed E-state index contributed by atoms with van der Waals surface area (Å²) in [5.74, 6) is -0.197. The Morgan fingerprint density at radius 3 is 2.59 bits per heavy atom. The van der Waals surface area contributed by atoms with E-state index in [1.165, 1.54) is 25.3 Å². The second-order valence-electron chi connectivity index (χ2n) is 3.37. The SMILES string of the molecule is COc1ccc(C=CCCO)cc1C(F)(F)F. The van der Waals surface area contributed by atoms with E-state index >= 15 is 0 Å². The van der Waals surface area contributed by atoms with Crippen molar-refractivity contribution in [3.8, 4) is 5.75 Å². The first-order valence-electron chi connectivity index (χ1n) is 5.01. The highest BCUT2D eigenvalue weighted by Crippen LogP contribution is 2.36. The first-order valence-corrected chi connectivity index (χ1v) is 5.01. The summed E-state index contributed by atoms with van der Waals surface area (Å²) in [4.78, 5) is 0. The smallest absolute Gasteiger partial charge is 0.419 e. The van der Waals surface area contributed by atoms with Crippen molar-refractivity contribution in [2.24, 2.45) is 0 Å². The number of rotatable bonds is 4. The number of benzene rings is 1. The van der Waals surface area contributed by atoms with Crippen LogP contribution in [0.15, 0.2) is 24.3 Å². The molecule has 5 heteroatoms. The molecule has 0 aliphatic rings. The third-order valence-electron chi connectivity index (χ3n) is 2.14. The van der Waals surface area contributed by atoms with Crippen LogP contribution in [0.4, 0.5) is 13.2 Å². The Morgan fingerprint density at radius 2 is 2.06 bits per heavy atom. The van der Waals surface area contributed by atoms with Crippen LogP contribution in [0.5, 0.6) is 5.75 Å². The summed E-state index contributed by atoms with van der Waals surface area (Å²) in [6.45, 7) is -0.0290. The van der Waals surface area contributed by atoms with Gasteiger partial charge in [0.2, 0.25) is 0 Å². The van der Waals surface area contributed by atoms with Gasteiger partial charge in [0.05, 0.1) is 12.7 Å². The molecule has 0 amide bonds. The number of alkyl halides is 3. The van der Waals surface area contributed by atoms with Gasteiger partial charge in [-0.2, -0.15) is 13.2 Å². The highest BCUT2D eigenvalue weighted by molar-refractivity contribution is 5.54. The molecule has 0 spiro atoms. The standard InChI is InChI=1S/C12H13F3O2/c1-17-11-6-5-9(4-2-3-7-16)8-10(11)12(13,14)15/h2,4-6,8,16H,3,7H2,1H3. The summed E-state index contributed by atoms with van der Waals surface area (Å²) in [6, 6.07) is 3.83. The van der Waals surface area contributed by atoms with Crippen molar-refractivity contribution >= 4 is 6.08 Å². The number of methoxy groups -OCH3 is 1. The highest BCUT2D eigenvalue weighted by Gasteiger charge is 2.34. The van der Waals surface area contributed by atoms with Crippen LogP contribution < -0.4 is 4.74 Å². The fraction of sp³-hybridized carbons (Fsp3) is 0.333. The fourth-order valence-corrected chi connectivity index (χ4v) is 1.34. The average Bonchev–Trinajstić information content (AvgIpc) is 2.28. The average molecular weight is 246 g/mol. The van der Waals surface area contributed by atoms with Gasteiger partial charge in [-0.15, -0.1) is 0 Å². The van der Waals surface area contributed by atoms with Crippen molar-refractivity contribution in [3.63, 3.8) is 0 Å². The van der Waals surface area contributed by atoms with E-state index in [4.69, 9.17) is 5.11 Å². The maximum atomic E-state index is 12.7. The van der Waals surface area contributed by atoms with Crippen LogP contribution in [0, 0.1) is 0 Å². The summed E-state index contributed by atoms with van der Waals surface area (Å²) in [6.07, 6.45) is -0.883. The number of hydrogen-bond acceptors (Lipinski definition) is 2. The summed E-state index contributed by atoms with van der Waals surface area (Å²) in [5.41, 5.74) is -0.377. The van der Waals surface area contributed by atoms with Crippen molar-refractivity contribution in [1.29, 1.82) is 0 Å². The zero-order chi connectivity index (χ0) is 12.9. The zero-order valence-electron chi connectivity index (χ0n) is 9.29. The van der Waals surface area contributed by atoms with Crippen LogP contribution in [0.2, 0.25) is 0 Å². The van der Waals surface area contributed by atoms with E-state index in [1.54, 1.807) is 6.08 Å². The first-order chi connectivity index (χ1) is 7.99. The minimum atomic E-state index is -4.44. The number of halogens is 3. The largest absolute Gasteiger partial charge is 0.496 e. The summed E-state index contributed by atoms with van der Waals surface area (Å²) in [7, 11) is 1.20. The summed E-state index contributed by atoms with van der Waals surface area (Å²) < 4.78 is 42.6. The third-order valence-corrected chi connectivity index (χ3v) is 2.14. The summed E-state index contributed by atoms with van der Waals surface area (Å²) in [5, 5.41) is 8.56. The van der Waals surface area contributed by atoms with Gasteiger partial charge in [0.15, 0.2) is 0 Å². The Kier molecular flexibility index (Phi) is 4.57. The van der Waals surface area contributed by atoms with Crippen LogP contribution in [0.3, 0.4) is 0 Å². The predicted octanol–water partition coefficient (Wildman–Crippen LogP) is 3.11. The molecule has 0 aliphatic heterocycles. The first kappa shape index (κ1) is 13.6. The lowest BCUT2D eigenvalue weighted by atomic mass is 10.1. The Morgan fingerprint density at radius 1 is 1.35 bits per heavy atom. The van der Waals surface area contributed by atoms with Crippen molar-refractivity contribution < 1.29 is 23.0 Å². The Balaban J connectivity index is 3.05. The second-order valence-corrected chi connectivity index (χ2v) is 3.37. The molecule has 0 heterocycles. The molecule has 0 fully saturated rings. The molecule has 0 bridgehead atoms. The molecule has 0 atom stereocenters. The van der Waals surface area contributed by atoms with Crippen molar-refractivity contribution in [3.05, 3.63) is 35.4 Å². The Hall–Kier alpha value is -1.49. The molecule has 0 radical (unpaired) electrons. The quantitative estimate of drug-likeness (QED) is 0.884. The van der Waals surface area contributed by atoms with Crippen molar-refractivity contribution in [2.45, 2.75) is 12.6 Å². The summed E-state index contributed by atoms with van der Waals surface area (Å²) >= 11 is 0. The minimum Gasteiger partial charge on any atom is -0.496 e. The van der Waals surface area contributed by atoms with Gasteiger partial charge >= 0.3 is 6.18 Å². The van der Waals surface area contributed by atoms with E-state index < -0.39 is 11.7 Å². The molecular weight excluding hydrogens is 233 g/mol. The second kappa shape index (κ2) is 5.72. The predicted molar refractivity (Wildman–Crippen MR) is 58.7 cm³/mol. The van der Waals surface area contributed by atoms with Gasteiger partial charge in [-0.3, -0.25) is 0 Å². The van der Waals surface area contributed by atoms with Crippen molar-refractivity contribution in [2.75, 3.05) is 13.7 Å². The van der Waals surface area contributed by atoms with Crippen LogP contribution in [0.25, 0.3) is 6.08 Å². The molecule has 1 rings (SSSR count). The molecule has 0 saturated heterocycles. The van der Waals surface area contributed by atoms with Crippen molar-refractivity contribution in [1.82, 2.24) is 0 Å². The van der Waals surface area contributed by atoms with E-state index in [0.29, 0.717) is 12.0 Å². The van der Waals surface area contributed by atoms with Gasteiger partial charge in [0, 0.05) is 6.61 Å². The fourth-order valence-electron chi connectivity index (χ4n) is 1.34. The molecule has 0 saturated carbocycles. The lowest BCUT2D eigenvalue weighted by Gasteiger charge is -2.12. The van der Waals surface area contributed by atoms with E-state index in [0.717, 1.165) is 6.07 Å². The molecule has 0 unspecified atom stereocenters. The third kappa shape index (κ3) is 3.78. The minimum absolute atomic E-state index is 0.0290. The topological polar surface area (TPSA) is 29.5 Å². The van der Waals surface area contributed by atoms with Gasteiger partial charge in [0.25, 0.3) is 0 Å². The molecule has 94 valence electrons. The zero-order valence-corrected chi connectivity index (χ0v) is 9.29. The van der Waals surface area contributed by atoms with Gasteiger partial charge in [0.1, 0.15) is 5.75 Å². The van der Waals surface area contributed by atoms with E-state index in [-0.39, 0.29) is 12.4 Å². The van der Waals surface area contributed by atoms with Crippen LogP contribution in [-0.2, 0) is 6.18 Å². The van der Waals surface area contributed by atoms with Crippen LogP contribution >= 0.6 is 0 Å². The highest BCUT2D eigenvalue weighted by atomic mass is 19.4. The van der Waals surface area contributed by atoms with Crippen LogP contribution in [-0.4, -0.2) is 18.8 Å². The number of hydrogen-bond donors (Lipinski definition) is 1. The van der Waals surface area contributed by atoms with Gasteiger partial charge in [-0.05, 0) is 24.1 Å². The normalized spacial score (nSPS) is 12.1. The molecule has 0 aromatic heterocycles. The lowest BCUT2D eigenvalue weighted by molar-refractivity contribution is -0.138. The molecule has 1 N–H and O–H groups in total. The molecular formula is C12H13F3O2. The number of aliphatic hydroxyl groups is 1. The molecule has 17 heavy (non-hydrogen) atoms. The molecule has 0 aliphatic carbocycles. The molecule has 1 aromatic rings. The Labute approximate surface area is 97.3 Å². The Bertz CT molecular complexity index is 397. The van der Waals surface area contributed by atoms with Crippen LogP contribution in [0.1, 0.15) is 17.5 Å². The molecule has 2 nitrogen and oxygen atoms in total. The van der Waals surface area contributed by atoms with E-state index in [1.807, 2.05) is 0 Å². The van der Waals surface area contributed by atoms with E-state index in [2.05, 4.69) is 4.74 Å².